The summed E-state index contributed by atoms with van der Waals surface area (Å²) in [5, 5.41) is 3.49. The molecule has 2 fully saturated rings. The van der Waals surface area contributed by atoms with Gasteiger partial charge >= 0.3 is 0 Å². The zero-order valence-electron chi connectivity index (χ0n) is 10.3. The van der Waals surface area contributed by atoms with E-state index in [9.17, 15) is 0 Å². The normalized spacial score (nSPS) is 33.8. The van der Waals surface area contributed by atoms with E-state index >= 15 is 0 Å². The molecule has 0 bridgehead atoms. The van der Waals surface area contributed by atoms with Crippen molar-refractivity contribution in [3.63, 3.8) is 0 Å². The average Bonchev–Trinajstić information content (AvgIpc) is 2.71. The molecule has 1 saturated heterocycles. The summed E-state index contributed by atoms with van der Waals surface area (Å²) in [6.07, 6.45) is 7.23. The number of rotatable bonds is 3. The molecule has 0 amide bonds. The van der Waals surface area contributed by atoms with Crippen LogP contribution in [0.1, 0.15) is 39.0 Å². The van der Waals surface area contributed by atoms with E-state index in [1.54, 1.807) is 0 Å². The van der Waals surface area contributed by atoms with Crippen molar-refractivity contribution in [2.24, 2.45) is 11.8 Å². The molecule has 0 aromatic rings. The summed E-state index contributed by atoms with van der Waals surface area (Å²) in [6.45, 7) is 6.15. The lowest BCUT2D eigenvalue weighted by atomic mass is 9.93. The molecule has 0 aromatic heterocycles. The van der Waals surface area contributed by atoms with Gasteiger partial charge in [0, 0.05) is 12.6 Å². The summed E-state index contributed by atoms with van der Waals surface area (Å²) in [4.78, 5) is 2.64. The van der Waals surface area contributed by atoms with Crippen molar-refractivity contribution < 1.29 is 0 Å². The largest absolute Gasteiger partial charge is 0.316 e. The molecule has 2 atom stereocenters. The minimum absolute atomic E-state index is 0.824. The molecule has 88 valence electrons. The molecule has 2 heteroatoms. The van der Waals surface area contributed by atoms with Crippen molar-refractivity contribution in [2.45, 2.75) is 45.1 Å². The van der Waals surface area contributed by atoms with E-state index in [1.165, 1.54) is 51.7 Å². The van der Waals surface area contributed by atoms with Gasteiger partial charge in [-0.2, -0.15) is 0 Å². The number of nitrogens with zero attached hydrogens (tertiary/aromatic N) is 1. The third-order valence-electron chi connectivity index (χ3n) is 4.33. The summed E-state index contributed by atoms with van der Waals surface area (Å²) < 4.78 is 0. The van der Waals surface area contributed by atoms with Gasteiger partial charge in [0.1, 0.15) is 0 Å². The van der Waals surface area contributed by atoms with Crippen LogP contribution in [-0.4, -0.2) is 37.6 Å². The maximum atomic E-state index is 3.49. The third-order valence-corrected chi connectivity index (χ3v) is 4.33. The number of hydrogen-bond donors (Lipinski definition) is 1. The highest BCUT2D eigenvalue weighted by Gasteiger charge is 2.27. The molecule has 1 N–H and O–H groups in total. The second kappa shape index (κ2) is 5.31. The van der Waals surface area contributed by atoms with E-state index in [2.05, 4.69) is 24.2 Å². The van der Waals surface area contributed by atoms with Crippen LogP contribution in [0.5, 0.6) is 0 Å². The first-order chi connectivity index (χ1) is 7.27. The SMILES string of the molecule is CC1CNCCC1N(C)CC1CCCC1. The van der Waals surface area contributed by atoms with E-state index in [4.69, 9.17) is 0 Å². The highest BCUT2D eigenvalue weighted by Crippen LogP contribution is 2.27. The summed E-state index contributed by atoms with van der Waals surface area (Å²) in [5.41, 5.74) is 0. The summed E-state index contributed by atoms with van der Waals surface area (Å²) >= 11 is 0. The van der Waals surface area contributed by atoms with Crippen LogP contribution < -0.4 is 5.32 Å². The first kappa shape index (κ1) is 11.4. The van der Waals surface area contributed by atoms with Crippen LogP contribution in [0.2, 0.25) is 0 Å². The van der Waals surface area contributed by atoms with Gasteiger partial charge in [0.15, 0.2) is 0 Å². The molecule has 2 aliphatic rings. The van der Waals surface area contributed by atoms with Crippen LogP contribution in [0.3, 0.4) is 0 Å². The molecule has 0 aromatic carbocycles. The molecular formula is C13H26N2. The van der Waals surface area contributed by atoms with Crippen LogP contribution >= 0.6 is 0 Å². The van der Waals surface area contributed by atoms with Gasteiger partial charge in [-0.3, -0.25) is 0 Å². The Morgan fingerprint density at radius 3 is 2.60 bits per heavy atom. The molecule has 1 saturated carbocycles. The molecule has 0 spiro atoms. The fraction of sp³-hybridized carbons (Fsp3) is 1.00. The Morgan fingerprint density at radius 1 is 1.20 bits per heavy atom. The minimum atomic E-state index is 0.824. The number of hydrogen-bond acceptors (Lipinski definition) is 2. The first-order valence-corrected chi connectivity index (χ1v) is 6.68. The quantitative estimate of drug-likeness (QED) is 0.767. The minimum Gasteiger partial charge on any atom is -0.316 e. The van der Waals surface area contributed by atoms with E-state index in [0.29, 0.717) is 0 Å². The monoisotopic (exact) mass is 210 g/mol. The van der Waals surface area contributed by atoms with Gasteiger partial charge in [-0.25, -0.2) is 0 Å². The molecule has 2 nitrogen and oxygen atoms in total. The molecule has 2 unspecified atom stereocenters. The van der Waals surface area contributed by atoms with Gasteiger partial charge in [-0.05, 0) is 51.2 Å². The second-order valence-electron chi connectivity index (χ2n) is 5.63. The van der Waals surface area contributed by atoms with E-state index < -0.39 is 0 Å². The van der Waals surface area contributed by atoms with E-state index in [-0.39, 0.29) is 0 Å². The van der Waals surface area contributed by atoms with Gasteiger partial charge in [-0.1, -0.05) is 19.8 Å². The Morgan fingerprint density at radius 2 is 1.93 bits per heavy atom. The van der Waals surface area contributed by atoms with Gasteiger partial charge in [0.05, 0.1) is 0 Å². The van der Waals surface area contributed by atoms with Crippen molar-refractivity contribution in [1.29, 1.82) is 0 Å². The standard InChI is InChI=1S/C13H26N2/c1-11-9-14-8-7-13(11)15(2)10-12-5-3-4-6-12/h11-14H,3-10H2,1-2H3. The van der Waals surface area contributed by atoms with Gasteiger partial charge in [0.25, 0.3) is 0 Å². The van der Waals surface area contributed by atoms with Gasteiger partial charge in [0.2, 0.25) is 0 Å². The second-order valence-corrected chi connectivity index (χ2v) is 5.63. The van der Waals surface area contributed by atoms with Crippen LogP contribution in [0.15, 0.2) is 0 Å². The number of nitrogens with one attached hydrogen (secondary N) is 1. The van der Waals surface area contributed by atoms with Gasteiger partial charge < -0.3 is 10.2 Å². The lowest BCUT2D eigenvalue weighted by Gasteiger charge is -2.37. The predicted octanol–water partition coefficient (Wildman–Crippen LogP) is 2.11. The van der Waals surface area contributed by atoms with Crippen LogP contribution in [0, 0.1) is 11.8 Å². The lowest BCUT2D eigenvalue weighted by Crippen LogP contribution is -2.48. The van der Waals surface area contributed by atoms with Crippen molar-refractivity contribution >= 4 is 0 Å². The molecule has 1 heterocycles. The third kappa shape index (κ3) is 2.94. The zero-order chi connectivity index (χ0) is 10.7. The lowest BCUT2D eigenvalue weighted by molar-refractivity contribution is 0.130. The van der Waals surface area contributed by atoms with Gasteiger partial charge in [-0.15, -0.1) is 0 Å². The maximum Gasteiger partial charge on any atom is 0.0142 e. The molecule has 1 aliphatic carbocycles. The summed E-state index contributed by atoms with van der Waals surface area (Å²) in [6, 6.07) is 0.826. The Labute approximate surface area is 94.4 Å². The summed E-state index contributed by atoms with van der Waals surface area (Å²) in [5.74, 6) is 1.82. The predicted molar refractivity (Wildman–Crippen MR) is 65.0 cm³/mol. The number of piperidine rings is 1. The molecule has 2 rings (SSSR count). The highest BCUT2D eigenvalue weighted by molar-refractivity contribution is 4.83. The zero-order valence-corrected chi connectivity index (χ0v) is 10.3. The molecule has 15 heavy (non-hydrogen) atoms. The van der Waals surface area contributed by atoms with Crippen molar-refractivity contribution in [3.05, 3.63) is 0 Å². The van der Waals surface area contributed by atoms with E-state index in [1.807, 2.05) is 0 Å². The summed E-state index contributed by atoms with van der Waals surface area (Å²) in [7, 11) is 2.34. The first-order valence-electron chi connectivity index (χ1n) is 6.68. The van der Waals surface area contributed by atoms with Crippen LogP contribution in [0.4, 0.5) is 0 Å². The fourth-order valence-electron chi connectivity index (χ4n) is 3.39. The molecular weight excluding hydrogens is 184 g/mol. The van der Waals surface area contributed by atoms with Crippen molar-refractivity contribution in [1.82, 2.24) is 10.2 Å². The molecule has 1 aliphatic heterocycles. The Bertz CT molecular complexity index is 187. The van der Waals surface area contributed by atoms with Crippen molar-refractivity contribution in [3.8, 4) is 0 Å². The Hall–Kier alpha value is -0.0800. The van der Waals surface area contributed by atoms with E-state index in [0.717, 1.165) is 17.9 Å². The molecule has 0 radical (unpaired) electrons. The van der Waals surface area contributed by atoms with Crippen LogP contribution in [-0.2, 0) is 0 Å². The topological polar surface area (TPSA) is 15.3 Å². The Balaban J connectivity index is 1.80. The smallest absolute Gasteiger partial charge is 0.0142 e. The van der Waals surface area contributed by atoms with Crippen LogP contribution in [0.25, 0.3) is 0 Å². The average molecular weight is 210 g/mol. The van der Waals surface area contributed by atoms with Crippen molar-refractivity contribution in [2.75, 3.05) is 26.7 Å². The Kier molecular flexibility index (Phi) is 4.04. The fourth-order valence-corrected chi connectivity index (χ4v) is 3.39. The maximum absolute atomic E-state index is 3.49. The highest BCUT2D eigenvalue weighted by atomic mass is 15.1.